The second kappa shape index (κ2) is 8.75. The number of hydrogen-bond acceptors (Lipinski definition) is 2. The van der Waals surface area contributed by atoms with Crippen molar-refractivity contribution in [1.29, 1.82) is 0 Å². The van der Waals surface area contributed by atoms with Gasteiger partial charge in [0.05, 0.1) is 15.9 Å². The summed E-state index contributed by atoms with van der Waals surface area (Å²) in [5, 5.41) is 7.90. The Kier molecular flexibility index (Phi) is 7.69. The van der Waals surface area contributed by atoms with Crippen LogP contribution in [-0.4, -0.2) is 22.9 Å². The number of halogens is 1. The van der Waals surface area contributed by atoms with Crippen LogP contribution in [0.3, 0.4) is 0 Å². The number of rotatable bonds is 9. The first kappa shape index (κ1) is 16.7. The zero-order valence-electron chi connectivity index (χ0n) is 12.8. The van der Waals surface area contributed by atoms with E-state index in [9.17, 15) is 0 Å². The largest absolute Gasteiger partial charge is 0.317 e. The Morgan fingerprint density at radius 3 is 2.47 bits per heavy atom. The molecule has 0 fully saturated rings. The van der Waals surface area contributed by atoms with Gasteiger partial charge in [-0.25, -0.2) is 0 Å². The number of hydrogen-bond donors (Lipinski definition) is 1. The van der Waals surface area contributed by atoms with Crippen molar-refractivity contribution in [3.8, 4) is 0 Å². The van der Waals surface area contributed by atoms with Gasteiger partial charge in [0.15, 0.2) is 0 Å². The van der Waals surface area contributed by atoms with Crippen molar-refractivity contribution in [2.24, 2.45) is 7.05 Å². The second-order valence-corrected chi connectivity index (χ2v) is 6.16. The molecule has 0 saturated carbocycles. The maximum absolute atomic E-state index is 4.46. The Hall–Kier alpha value is -0.350. The zero-order valence-corrected chi connectivity index (χ0v) is 14.4. The van der Waals surface area contributed by atoms with Crippen LogP contribution >= 0.6 is 15.9 Å². The first-order chi connectivity index (χ1) is 9.10. The van der Waals surface area contributed by atoms with E-state index in [0.717, 1.165) is 12.1 Å². The van der Waals surface area contributed by atoms with Gasteiger partial charge in [-0.1, -0.05) is 39.0 Å². The zero-order chi connectivity index (χ0) is 14.3. The SMILES string of the molecule is CCCCCCCC(Cc1c(Br)c(C)nn1C)NC. The van der Waals surface area contributed by atoms with E-state index in [1.165, 1.54) is 48.7 Å². The van der Waals surface area contributed by atoms with E-state index < -0.39 is 0 Å². The monoisotopic (exact) mass is 329 g/mol. The molecule has 0 amide bonds. The van der Waals surface area contributed by atoms with Crippen LogP contribution in [0.4, 0.5) is 0 Å². The van der Waals surface area contributed by atoms with Gasteiger partial charge in [-0.05, 0) is 36.3 Å². The molecule has 3 nitrogen and oxygen atoms in total. The van der Waals surface area contributed by atoms with E-state index in [-0.39, 0.29) is 0 Å². The van der Waals surface area contributed by atoms with Crippen LogP contribution in [0.15, 0.2) is 4.47 Å². The molecular formula is C15H28BrN3. The normalized spacial score (nSPS) is 12.9. The van der Waals surface area contributed by atoms with Crippen LogP contribution in [0.5, 0.6) is 0 Å². The molecule has 1 heterocycles. The molecule has 0 bridgehead atoms. The minimum absolute atomic E-state index is 0.549. The summed E-state index contributed by atoms with van der Waals surface area (Å²) in [6, 6.07) is 0.549. The quantitative estimate of drug-likeness (QED) is 0.694. The lowest BCUT2D eigenvalue weighted by Crippen LogP contribution is -2.28. The Labute approximate surface area is 126 Å². The second-order valence-electron chi connectivity index (χ2n) is 5.36. The molecule has 4 heteroatoms. The molecule has 19 heavy (non-hydrogen) atoms. The highest BCUT2D eigenvalue weighted by Crippen LogP contribution is 2.22. The fourth-order valence-electron chi connectivity index (χ4n) is 2.48. The molecule has 1 aromatic rings. The molecule has 0 spiro atoms. The van der Waals surface area contributed by atoms with Gasteiger partial charge in [-0.2, -0.15) is 5.10 Å². The molecule has 1 N–H and O–H groups in total. The average Bonchev–Trinajstić information content (AvgIpc) is 2.63. The minimum Gasteiger partial charge on any atom is -0.317 e. The van der Waals surface area contributed by atoms with Gasteiger partial charge < -0.3 is 5.32 Å². The van der Waals surface area contributed by atoms with Crippen molar-refractivity contribution in [3.63, 3.8) is 0 Å². The topological polar surface area (TPSA) is 29.9 Å². The third kappa shape index (κ3) is 5.27. The van der Waals surface area contributed by atoms with Crippen molar-refractivity contribution in [2.45, 2.75) is 64.8 Å². The van der Waals surface area contributed by atoms with Crippen LogP contribution in [0.2, 0.25) is 0 Å². The number of likely N-dealkylation sites (N-methyl/N-ethyl adjacent to an activating group) is 1. The predicted octanol–water partition coefficient (Wildman–Crippen LogP) is 3.98. The standard InChI is InChI=1S/C15H28BrN3/c1-5-6-7-8-9-10-13(17-3)11-14-15(16)12(2)18-19(14)4/h13,17H,5-11H2,1-4H3. The Morgan fingerprint density at radius 2 is 1.95 bits per heavy atom. The average molecular weight is 330 g/mol. The molecule has 0 aromatic carbocycles. The van der Waals surface area contributed by atoms with Gasteiger partial charge in [-0.3, -0.25) is 4.68 Å². The molecular weight excluding hydrogens is 302 g/mol. The molecule has 0 aliphatic heterocycles. The molecule has 0 radical (unpaired) electrons. The van der Waals surface area contributed by atoms with Gasteiger partial charge in [-0.15, -0.1) is 0 Å². The Bertz CT molecular complexity index is 374. The Balaban J connectivity index is 2.43. The summed E-state index contributed by atoms with van der Waals surface area (Å²) in [4.78, 5) is 0. The lowest BCUT2D eigenvalue weighted by Gasteiger charge is -2.16. The maximum Gasteiger partial charge on any atom is 0.0738 e. The summed E-state index contributed by atoms with van der Waals surface area (Å²) >= 11 is 3.65. The lowest BCUT2D eigenvalue weighted by atomic mass is 10.0. The van der Waals surface area contributed by atoms with E-state index in [1.807, 2.05) is 18.7 Å². The highest BCUT2D eigenvalue weighted by atomic mass is 79.9. The molecule has 1 unspecified atom stereocenters. The highest BCUT2D eigenvalue weighted by molar-refractivity contribution is 9.10. The van der Waals surface area contributed by atoms with Crippen molar-refractivity contribution < 1.29 is 0 Å². The molecule has 1 aromatic heterocycles. The smallest absolute Gasteiger partial charge is 0.0738 e. The number of aryl methyl sites for hydroxylation is 2. The molecule has 0 aliphatic carbocycles. The number of nitrogens with one attached hydrogen (secondary N) is 1. The summed E-state index contributed by atoms with van der Waals surface area (Å²) in [5.41, 5.74) is 2.38. The van der Waals surface area contributed by atoms with Crippen LogP contribution in [0.1, 0.15) is 56.8 Å². The van der Waals surface area contributed by atoms with Crippen molar-refractivity contribution in [1.82, 2.24) is 15.1 Å². The van der Waals surface area contributed by atoms with Crippen LogP contribution in [0.25, 0.3) is 0 Å². The summed E-state index contributed by atoms with van der Waals surface area (Å²) in [6.45, 7) is 4.31. The number of unbranched alkanes of at least 4 members (excludes halogenated alkanes) is 4. The highest BCUT2D eigenvalue weighted by Gasteiger charge is 2.15. The predicted molar refractivity (Wildman–Crippen MR) is 85.6 cm³/mol. The lowest BCUT2D eigenvalue weighted by molar-refractivity contribution is 0.470. The van der Waals surface area contributed by atoms with Gasteiger partial charge in [0.2, 0.25) is 0 Å². The molecule has 110 valence electrons. The summed E-state index contributed by atoms with van der Waals surface area (Å²) in [6.07, 6.45) is 9.03. The minimum atomic E-state index is 0.549. The molecule has 1 atom stereocenters. The van der Waals surface area contributed by atoms with Gasteiger partial charge in [0.25, 0.3) is 0 Å². The van der Waals surface area contributed by atoms with Crippen molar-refractivity contribution in [2.75, 3.05) is 7.05 Å². The van der Waals surface area contributed by atoms with E-state index in [2.05, 4.69) is 40.3 Å². The first-order valence-corrected chi connectivity index (χ1v) is 8.24. The fraction of sp³-hybridized carbons (Fsp3) is 0.800. The van der Waals surface area contributed by atoms with Crippen LogP contribution in [-0.2, 0) is 13.5 Å². The third-order valence-corrected chi connectivity index (χ3v) is 4.80. The van der Waals surface area contributed by atoms with Gasteiger partial charge in [0, 0.05) is 19.5 Å². The number of aromatic nitrogens is 2. The summed E-state index contributed by atoms with van der Waals surface area (Å²) in [7, 11) is 4.09. The van der Waals surface area contributed by atoms with Crippen molar-refractivity contribution >= 4 is 15.9 Å². The van der Waals surface area contributed by atoms with E-state index in [1.54, 1.807) is 0 Å². The van der Waals surface area contributed by atoms with E-state index in [0.29, 0.717) is 6.04 Å². The maximum atomic E-state index is 4.46. The van der Waals surface area contributed by atoms with E-state index >= 15 is 0 Å². The summed E-state index contributed by atoms with van der Waals surface area (Å²) in [5.74, 6) is 0. The number of nitrogens with zero attached hydrogens (tertiary/aromatic N) is 2. The van der Waals surface area contributed by atoms with Crippen LogP contribution in [0, 0.1) is 6.92 Å². The van der Waals surface area contributed by atoms with E-state index in [4.69, 9.17) is 0 Å². The fourth-order valence-corrected chi connectivity index (χ4v) is 2.98. The van der Waals surface area contributed by atoms with Gasteiger partial charge in [0.1, 0.15) is 0 Å². The molecule has 1 rings (SSSR count). The van der Waals surface area contributed by atoms with Crippen molar-refractivity contribution in [3.05, 3.63) is 15.9 Å². The Morgan fingerprint density at radius 1 is 1.26 bits per heavy atom. The first-order valence-electron chi connectivity index (χ1n) is 7.45. The molecule has 0 aliphatic rings. The molecule has 0 saturated heterocycles. The summed E-state index contributed by atoms with van der Waals surface area (Å²) < 4.78 is 3.17. The van der Waals surface area contributed by atoms with Crippen LogP contribution < -0.4 is 5.32 Å². The third-order valence-electron chi connectivity index (χ3n) is 3.77. The van der Waals surface area contributed by atoms with Gasteiger partial charge >= 0.3 is 0 Å².